The molecule has 0 N–H and O–H groups in total. The molecule has 1 aromatic heterocycles. The third kappa shape index (κ3) is 5.89. The maximum atomic E-state index is 12.5. The van der Waals surface area contributed by atoms with Crippen LogP contribution in [0.2, 0.25) is 0 Å². The normalized spacial score (nSPS) is 16.8. The molecule has 0 radical (unpaired) electrons. The van der Waals surface area contributed by atoms with Crippen molar-refractivity contribution in [3.8, 4) is 0 Å². The van der Waals surface area contributed by atoms with Gasteiger partial charge in [0, 0.05) is 17.0 Å². The first kappa shape index (κ1) is 21.5. The van der Waals surface area contributed by atoms with Crippen LogP contribution >= 0.6 is 11.3 Å². The Labute approximate surface area is 178 Å². The molecule has 2 heterocycles. The molecule has 1 fully saturated rings. The summed E-state index contributed by atoms with van der Waals surface area (Å²) in [7, 11) is 0. The quantitative estimate of drug-likeness (QED) is 0.260. The minimum absolute atomic E-state index is 0.116. The number of rotatable bonds is 10. The van der Waals surface area contributed by atoms with Gasteiger partial charge in [-0.15, -0.1) is 11.3 Å². The fourth-order valence-electron chi connectivity index (χ4n) is 3.82. The summed E-state index contributed by atoms with van der Waals surface area (Å²) in [4.78, 5) is 27.8. The lowest BCUT2D eigenvalue weighted by Crippen LogP contribution is -2.31. The topological polar surface area (TPSA) is 37.4 Å². The zero-order valence-electron chi connectivity index (χ0n) is 17.5. The lowest BCUT2D eigenvalue weighted by Gasteiger charge is -2.23. The molecular formula is C25H31NO2S. The van der Waals surface area contributed by atoms with Crippen molar-refractivity contribution >= 4 is 28.7 Å². The van der Waals surface area contributed by atoms with E-state index in [1.54, 1.807) is 18.3 Å². The van der Waals surface area contributed by atoms with Crippen LogP contribution in [0.1, 0.15) is 72.5 Å². The highest BCUT2D eigenvalue weighted by Crippen LogP contribution is 2.28. The number of hydrogen-bond donors (Lipinski definition) is 0. The number of carbonyl (C=O) groups is 2. The fraction of sp³-hybridized carbons (Fsp3) is 0.440. The van der Waals surface area contributed by atoms with E-state index in [0.717, 1.165) is 29.8 Å². The third-order valence-electron chi connectivity index (χ3n) is 5.47. The van der Waals surface area contributed by atoms with Crippen LogP contribution in [-0.4, -0.2) is 17.7 Å². The highest BCUT2D eigenvalue weighted by Gasteiger charge is 2.30. The number of thiophene rings is 1. The van der Waals surface area contributed by atoms with Crippen molar-refractivity contribution in [1.82, 2.24) is 0 Å². The number of anilines is 1. The van der Waals surface area contributed by atoms with Crippen molar-refractivity contribution in [3.05, 3.63) is 63.9 Å². The highest BCUT2D eigenvalue weighted by molar-refractivity contribution is 7.14. The van der Waals surface area contributed by atoms with Crippen LogP contribution in [0, 0.1) is 0 Å². The Balaban J connectivity index is 1.59. The molecule has 29 heavy (non-hydrogen) atoms. The average molecular weight is 410 g/mol. The number of carbonyl (C=O) groups excluding carboxylic acids is 2. The molecule has 0 spiro atoms. The van der Waals surface area contributed by atoms with E-state index in [1.165, 1.54) is 36.1 Å². The fourth-order valence-corrected chi connectivity index (χ4v) is 4.70. The smallest absolute Gasteiger partial charge is 0.227 e. The van der Waals surface area contributed by atoms with Gasteiger partial charge in [0.2, 0.25) is 5.91 Å². The molecule has 1 aliphatic rings. The van der Waals surface area contributed by atoms with Crippen LogP contribution in [0.25, 0.3) is 0 Å². The standard InChI is InChI=1S/C25H31NO2S/c1-3-4-5-6-8-20-11-13-22(14-12-20)26-21(15-18-25(26)28)9-7-10-23-16-17-24(29-23)19(2)27/h7,9,11-14,16-17,21H,3-6,8,10,15,18H2,1-2H3/t21-/m0/s1. The van der Waals surface area contributed by atoms with Crippen LogP contribution in [0.15, 0.2) is 48.6 Å². The summed E-state index contributed by atoms with van der Waals surface area (Å²) in [5.41, 5.74) is 2.34. The van der Waals surface area contributed by atoms with Gasteiger partial charge in [-0.25, -0.2) is 0 Å². The van der Waals surface area contributed by atoms with Crippen molar-refractivity contribution in [2.24, 2.45) is 0 Å². The summed E-state index contributed by atoms with van der Waals surface area (Å²) in [6, 6.07) is 12.6. The van der Waals surface area contributed by atoms with E-state index in [0.29, 0.717) is 6.42 Å². The average Bonchev–Trinajstić information content (AvgIpc) is 3.33. The van der Waals surface area contributed by atoms with Gasteiger partial charge in [0.15, 0.2) is 5.78 Å². The Morgan fingerprint density at radius 3 is 2.62 bits per heavy atom. The van der Waals surface area contributed by atoms with Gasteiger partial charge >= 0.3 is 0 Å². The Hall–Kier alpha value is -2.20. The lowest BCUT2D eigenvalue weighted by molar-refractivity contribution is -0.117. The lowest BCUT2D eigenvalue weighted by atomic mass is 10.1. The number of ketones is 1. The summed E-state index contributed by atoms with van der Waals surface area (Å²) in [6.07, 6.45) is 12.7. The highest BCUT2D eigenvalue weighted by atomic mass is 32.1. The van der Waals surface area contributed by atoms with Gasteiger partial charge in [-0.2, -0.15) is 0 Å². The van der Waals surface area contributed by atoms with E-state index in [9.17, 15) is 9.59 Å². The SMILES string of the molecule is CCCCCCc1ccc(N2C(=O)CC[C@@H]2C=CCc2ccc(C(C)=O)s2)cc1. The minimum atomic E-state index is 0.116. The van der Waals surface area contributed by atoms with Crippen LogP contribution in [0.5, 0.6) is 0 Å². The molecule has 3 rings (SSSR count). The number of amides is 1. The van der Waals surface area contributed by atoms with Crippen LogP contribution in [-0.2, 0) is 17.6 Å². The molecule has 0 saturated carbocycles. The summed E-state index contributed by atoms with van der Waals surface area (Å²) in [6.45, 7) is 3.83. The van der Waals surface area contributed by atoms with Crippen molar-refractivity contribution < 1.29 is 9.59 Å². The second-order valence-corrected chi connectivity index (χ2v) is 8.97. The van der Waals surface area contributed by atoms with Gasteiger partial charge in [-0.05, 0) is 62.4 Å². The summed E-state index contributed by atoms with van der Waals surface area (Å²) >= 11 is 1.55. The molecule has 3 nitrogen and oxygen atoms in total. The van der Waals surface area contributed by atoms with Crippen molar-refractivity contribution in [2.75, 3.05) is 4.90 Å². The van der Waals surface area contributed by atoms with Crippen molar-refractivity contribution in [2.45, 2.75) is 71.3 Å². The molecule has 1 saturated heterocycles. The molecule has 2 aromatic rings. The maximum Gasteiger partial charge on any atom is 0.227 e. The molecular weight excluding hydrogens is 378 g/mol. The number of allylic oxidation sites excluding steroid dienone is 1. The molecule has 1 atom stereocenters. The van der Waals surface area contributed by atoms with Gasteiger partial charge < -0.3 is 4.90 Å². The first-order valence-corrected chi connectivity index (χ1v) is 11.6. The van der Waals surface area contributed by atoms with Crippen molar-refractivity contribution in [1.29, 1.82) is 0 Å². The third-order valence-corrected chi connectivity index (χ3v) is 6.68. The van der Waals surface area contributed by atoms with Crippen LogP contribution in [0.4, 0.5) is 5.69 Å². The maximum absolute atomic E-state index is 12.5. The number of unbranched alkanes of at least 4 members (excludes halogenated alkanes) is 3. The van der Waals surface area contributed by atoms with E-state index in [2.05, 4.69) is 43.3 Å². The summed E-state index contributed by atoms with van der Waals surface area (Å²) in [5.74, 6) is 0.317. The van der Waals surface area contributed by atoms with Gasteiger partial charge in [0.25, 0.3) is 0 Å². The Morgan fingerprint density at radius 1 is 1.14 bits per heavy atom. The van der Waals surface area contributed by atoms with E-state index >= 15 is 0 Å². The Morgan fingerprint density at radius 2 is 1.93 bits per heavy atom. The molecule has 4 heteroatoms. The minimum Gasteiger partial charge on any atom is -0.306 e. The molecule has 0 aliphatic carbocycles. The van der Waals surface area contributed by atoms with Crippen LogP contribution < -0.4 is 4.90 Å². The molecule has 154 valence electrons. The number of hydrogen-bond acceptors (Lipinski definition) is 3. The first-order valence-electron chi connectivity index (χ1n) is 10.8. The molecule has 1 aromatic carbocycles. The second kappa shape index (κ2) is 10.5. The van der Waals surface area contributed by atoms with Crippen molar-refractivity contribution in [3.63, 3.8) is 0 Å². The van der Waals surface area contributed by atoms with Crippen LogP contribution in [0.3, 0.4) is 0 Å². The predicted octanol–water partition coefficient (Wildman–Crippen LogP) is 6.37. The zero-order chi connectivity index (χ0) is 20.6. The van der Waals surface area contributed by atoms with Gasteiger partial charge in [0.05, 0.1) is 10.9 Å². The number of aryl methyl sites for hydroxylation is 1. The second-order valence-electron chi connectivity index (χ2n) is 7.80. The monoisotopic (exact) mass is 409 g/mol. The largest absolute Gasteiger partial charge is 0.306 e. The Kier molecular flexibility index (Phi) is 7.82. The molecule has 1 aliphatic heterocycles. The van der Waals surface area contributed by atoms with Gasteiger partial charge in [-0.1, -0.05) is 50.5 Å². The summed E-state index contributed by atoms with van der Waals surface area (Å²) < 4.78 is 0. The zero-order valence-corrected chi connectivity index (χ0v) is 18.3. The predicted molar refractivity (Wildman–Crippen MR) is 122 cm³/mol. The molecule has 0 unspecified atom stereocenters. The van der Waals surface area contributed by atoms with E-state index in [4.69, 9.17) is 0 Å². The van der Waals surface area contributed by atoms with E-state index < -0.39 is 0 Å². The van der Waals surface area contributed by atoms with E-state index in [1.807, 2.05) is 17.0 Å². The molecule has 1 amide bonds. The summed E-state index contributed by atoms with van der Waals surface area (Å²) in [5, 5.41) is 0. The molecule has 0 bridgehead atoms. The van der Waals surface area contributed by atoms with E-state index in [-0.39, 0.29) is 17.7 Å². The Bertz CT molecular complexity index is 850. The number of benzene rings is 1. The first-order chi connectivity index (χ1) is 14.1. The van der Waals surface area contributed by atoms with Gasteiger partial charge in [-0.3, -0.25) is 9.59 Å². The van der Waals surface area contributed by atoms with Gasteiger partial charge in [0.1, 0.15) is 0 Å². The number of nitrogens with zero attached hydrogens (tertiary/aromatic N) is 1. The number of Topliss-reactive ketones (excluding diaryl/α,β-unsaturated/α-hetero) is 1.